The Morgan fingerprint density at radius 3 is 2.43 bits per heavy atom. The Morgan fingerprint density at radius 1 is 1.43 bits per heavy atom. The van der Waals surface area contributed by atoms with Gasteiger partial charge in [0.1, 0.15) is 6.04 Å². The molecule has 0 aromatic carbocycles. The third kappa shape index (κ3) is 3.36. The summed E-state index contributed by atoms with van der Waals surface area (Å²) in [4.78, 5) is 21.6. The van der Waals surface area contributed by atoms with Crippen molar-refractivity contribution in [3.8, 4) is 0 Å². The minimum Gasteiger partial charge on any atom is -0.480 e. The summed E-state index contributed by atoms with van der Waals surface area (Å²) in [6.07, 6.45) is 5.16. The van der Waals surface area contributed by atoms with Gasteiger partial charge in [-0.05, 0) is 12.3 Å². The largest absolute Gasteiger partial charge is 0.480 e. The SMILES string of the molecule is CC(=O)N[C@H](CC1CCCC1)C(=O)O. The zero-order valence-corrected chi connectivity index (χ0v) is 8.45. The van der Waals surface area contributed by atoms with Gasteiger partial charge in [0.2, 0.25) is 5.91 Å². The molecule has 0 aromatic heterocycles. The van der Waals surface area contributed by atoms with Crippen molar-refractivity contribution in [2.75, 3.05) is 0 Å². The third-order valence-electron chi connectivity index (χ3n) is 2.72. The molecule has 1 aliphatic rings. The Labute approximate surface area is 83.7 Å². The second-order valence-corrected chi connectivity index (χ2v) is 3.98. The summed E-state index contributed by atoms with van der Waals surface area (Å²) in [5.41, 5.74) is 0. The molecule has 1 rings (SSSR count). The first-order chi connectivity index (χ1) is 6.59. The van der Waals surface area contributed by atoms with Crippen LogP contribution in [0.5, 0.6) is 0 Å². The highest BCUT2D eigenvalue weighted by Crippen LogP contribution is 2.28. The molecule has 0 radical (unpaired) electrons. The topological polar surface area (TPSA) is 66.4 Å². The van der Waals surface area contributed by atoms with Crippen LogP contribution in [0.25, 0.3) is 0 Å². The van der Waals surface area contributed by atoms with Crippen LogP contribution in [0, 0.1) is 5.92 Å². The van der Waals surface area contributed by atoms with Crippen molar-refractivity contribution < 1.29 is 14.7 Å². The van der Waals surface area contributed by atoms with Gasteiger partial charge in [0.05, 0.1) is 0 Å². The number of hydrogen-bond acceptors (Lipinski definition) is 2. The number of carboxylic acids is 1. The second kappa shape index (κ2) is 4.98. The Kier molecular flexibility index (Phi) is 3.92. The smallest absolute Gasteiger partial charge is 0.326 e. The molecule has 4 heteroatoms. The Morgan fingerprint density at radius 2 is 2.00 bits per heavy atom. The van der Waals surface area contributed by atoms with Crippen LogP contribution < -0.4 is 5.32 Å². The molecular formula is C10H17NO3. The molecule has 1 saturated carbocycles. The maximum atomic E-state index is 10.8. The predicted octanol–water partition coefficient (Wildman–Crippen LogP) is 1.16. The van der Waals surface area contributed by atoms with E-state index in [-0.39, 0.29) is 5.91 Å². The number of carbonyl (C=O) groups excluding carboxylic acids is 1. The van der Waals surface area contributed by atoms with E-state index < -0.39 is 12.0 Å². The fraction of sp³-hybridized carbons (Fsp3) is 0.800. The second-order valence-electron chi connectivity index (χ2n) is 3.98. The van der Waals surface area contributed by atoms with E-state index in [1.54, 1.807) is 0 Å². The van der Waals surface area contributed by atoms with Crippen LogP contribution in [0.4, 0.5) is 0 Å². The average Bonchev–Trinajstić information content (AvgIpc) is 2.54. The third-order valence-corrected chi connectivity index (χ3v) is 2.72. The van der Waals surface area contributed by atoms with Crippen molar-refractivity contribution in [3.05, 3.63) is 0 Å². The van der Waals surface area contributed by atoms with Gasteiger partial charge in [0.25, 0.3) is 0 Å². The molecule has 2 N–H and O–H groups in total. The van der Waals surface area contributed by atoms with Gasteiger partial charge in [-0.2, -0.15) is 0 Å². The Hall–Kier alpha value is -1.06. The molecule has 14 heavy (non-hydrogen) atoms. The van der Waals surface area contributed by atoms with Gasteiger partial charge in [-0.3, -0.25) is 4.79 Å². The van der Waals surface area contributed by atoms with E-state index in [0.29, 0.717) is 12.3 Å². The predicted molar refractivity (Wildman–Crippen MR) is 51.8 cm³/mol. The van der Waals surface area contributed by atoms with E-state index in [1.807, 2.05) is 0 Å². The van der Waals surface area contributed by atoms with Crippen molar-refractivity contribution in [1.29, 1.82) is 0 Å². The van der Waals surface area contributed by atoms with E-state index in [4.69, 9.17) is 5.11 Å². The molecule has 0 heterocycles. The van der Waals surface area contributed by atoms with Gasteiger partial charge in [-0.25, -0.2) is 4.79 Å². The molecule has 0 spiro atoms. The molecular weight excluding hydrogens is 182 g/mol. The molecule has 1 fully saturated rings. The maximum Gasteiger partial charge on any atom is 0.326 e. The summed E-state index contributed by atoms with van der Waals surface area (Å²) in [5.74, 6) is -0.717. The number of amides is 1. The zero-order valence-electron chi connectivity index (χ0n) is 8.45. The lowest BCUT2D eigenvalue weighted by Gasteiger charge is -2.16. The lowest BCUT2D eigenvalue weighted by molar-refractivity contribution is -0.142. The fourth-order valence-electron chi connectivity index (χ4n) is 2.05. The van der Waals surface area contributed by atoms with Gasteiger partial charge in [0, 0.05) is 6.92 Å². The Bertz CT molecular complexity index is 221. The number of rotatable bonds is 4. The Balaban J connectivity index is 2.41. The van der Waals surface area contributed by atoms with Gasteiger partial charge < -0.3 is 10.4 Å². The highest BCUT2D eigenvalue weighted by Gasteiger charge is 2.25. The summed E-state index contributed by atoms with van der Waals surface area (Å²) in [5, 5.41) is 11.3. The van der Waals surface area contributed by atoms with Crippen molar-refractivity contribution in [1.82, 2.24) is 5.32 Å². The van der Waals surface area contributed by atoms with E-state index in [9.17, 15) is 9.59 Å². The minimum atomic E-state index is -0.924. The molecule has 1 aliphatic carbocycles. The lowest BCUT2D eigenvalue weighted by Crippen LogP contribution is -2.40. The van der Waals surface area contributed by atoms with Gasteiger partial charge in [0.15, 0.2) is 0 Å². The standard InChI is InChI=1S/C10H17NO3/c1-7(12)11-9(10(13)14)6-8-4-2-3-5-8/h8-9H,2-6H2,1H3,(H,11,12)(H,13,14)/t9-/m1/s1. The molecule has 4 nitrogen and oxygen atoms in total. The quantitative estimate of drug-likeness (QED) is 0.714. The molecule has 0 aromatic rings. The molecule has 0 bridgehead atoms. The summed E-state index contributed by atoms with van der Waals surface area (Å²) in [6, 6.07) is -0.699. The normalized spacial score (nSPS) is 19.2. The van der Waals surface area contributed by atoms with E-state index in [2.05, 4.69) is 5.32 Å². The summed E-state index contributed by atoms with van der Waals surface area (Å²) in [6.45, 7) is 1.35. The maximum absolute atomic E-state index is 10.8. The minimum absolute atomic E-state index is 0.268. The van der Waals surface area contributed by atoms with Gasteiger partial charge in [-0.1, -0.05) is 25.7 Å². The molecule has 1 amide bonds. The van der Waals surface area contributed by atoms with Gasteiger partial charge in [-0.15, -0.1) is 0 Å². The van der Waals surface area contributed by atoms with Crippen LogP contribution in [0.1, 0.15) is 39.0 Å². The van der Waals surface area contributed by atoms with E-state index >= 15 is 0 Å². The molecule has 0 saturated heterocycles. The van der Waals surface area contributed by atoms with Crippen LogP contribution in [-0.2, 0) is 9.59 Å². The van der Waals surface area contributed by atoms with E-state index in [0.717, 1.165) is 12.8 Å². The summed E-state index contributed by atoms with van der Waals surface area (Å²) < 4.78 is 0. The van der Waals surface area contributed by atoms with Crippen molar-refractivity contribution in [2.24, 2.45) is 5.92 Å². The number of carbonyl (C=O) groups is 2. The van der Waals surface area contributed by atoms with Crippen LogP contribution in [-0.4, -0.2) is 23.0 Å². The van der Waals surface area contributed by atoms with Crippen LogP contribution >= 0.6 is 0 Å². The highest BCUT2D eigenvalue weighted by molar-refractivity contribution is 5.82. The lowest BCUT2D eigenvalue weighted by atomic mass is 9.98. The van der Waals surface area contributed by atoms with Crippen LogP contribution in [0.2, 0.25) is 0 Å². The van der Waals surface area contributed by atoms with Crippen LogP contribution in [0.3, 0.4) is 0 Å². The van der Waals surface area contributed by atoms with Gasteiger partial charge >= 0.3 is 5.97 Å². The first kappa shape index (κ1) is 11.0. The number of aliphatic carboxylic acids is 1. The number of nitrogens with one attached hydrogen (secondary N) is 1. The molecule has 0 unspecified atom stereocenters. The highest BCUT2D eigenvalue weighted by atomic mass is 16.4. The van der Waals surface area contributed by atoms with Crippen molar-refractivity contribution >= 4 is 11.9 Å². The number of carboxylic acid groups (broad SMARTS) is 1. The molecule has 1 atom stereocenters. The average molecular weight is 199 g/mol. The first-order valence-corrected chi connectivity index (χ1v) is 5.09. The molecule has 0 aliphatic heterocycles. The zero-order chi connectivity index (χ0) is 10.6. The summed E-state index contributed by atoms with van der Waals surface area (Å²) >= 11 is 0. The number of hydrogen-bond donors (Lipinski definition) is 2. The van der Waals surface area contributed by atoms with Crippen molar-refractivity contribution in [2.45, 2.75) is 45.1 Å². The van der Waals surface area contributed by atoms with Crippen molar-refractivity contribution in [3.63, 3.8) is 0 Å². The fourth-order valence-corrected chi connectivity index (χ4v) is 2.05. The molecule has 80 valence electrons. The monoisotopic (exact) mass is 199 g/mol. The van der Waals surface area contributed by atoms with Crippen LogP contribution in [0.15, 0.2) is 0 Å². The summed E-state index contributed by atoms with van der Waals surface area (Å²) in [7, 11) is 0. The first-order valence-electron chi connectivity index (χ1n) is 5.09. The van der Waals surface area contributed by atoms with E-state index in [1.165, 1.54) is 19.8 Å².